The van der Waals surface area contributed by atoms with Crippen molar-refractivity contribution in [3.05, 3.63) is 71.7 Å². The lowest BCUT2D eigenvalue weighted by molar-refractivity contribution is 0.0899. The number of rotatable bonds is 13. The van der Waals surface area contributed by atoms with Gasteiger partial charge in [0, 0.05) is 42.3 Å². The number of ether oxygens (including phenoxy) is 2. The van der Waals surface area contributed by atoms with Crippen LogP contribution in [0.15, 0.2) is 48.9 Å². The third-order valence-electron chi connectivity index (χ3n) is 6.25. The van der Waals surface area contributed by atoms with Crippen LogP contribution in [0.5, 0.6) is 5.75 Å². The Morgan fingerprint density at radius 1 is 1.15 bits per heavy atom. The summed E-state index contributed by atoms with van der Waals surface area (Å²) >= 11 is 0. The molecule has 0 unspecified atom stereocenters. The molecule has 0 aliphatic heterocycles. The van der Waals surface area contributed by atoms with Crippen LogP contribution in [-0.2, 0) is 11.2 Å². The molecule has 12 heteroatoms. The van der Waals surface area contributed by atoms with E-state index in [1.54, 1.807) is 28.8 Å². The van der Waals surface area contributed by atoms with Gasteiger partial charge in [0.25, 0.3) is 5.91 Å². The second kappa shape index (κ2) is 13.6. The van der Waals surface area contributed by atoms with Crippen LogP contribution in [0.1, 0.15) is 22.8 Å². The summed E-state index contributed by atoms with van der Waals surface area (Å²) < 4.78 is 41.5. The van der Waals surface area contributed by atoms with Crippen molar-refractivity contribution in [1.29, 1.82) is 5.26 Å². The fourth-order valence-electron chi connectivity index (χ4n) is 4.16. The zero-order valence-electron chi connectivity index (χ0n) is 23.1. The molecule has 0 saturated heterocycles. The summed E-state index contributed by atoms with van der Waals surface area (Å²) in [5.74, 6) is -2.44. The fraction of sp³-hybridized carbons (Fsp3) is 0.310. The molecule has 0 bridgehead atoms. The van der Waals surface area contributed by atoms with Gasteiger partial charge in [-0.15, -0.1) is 0 Å². The lowest BCUT2D eigenvalue weighted by Gasteiger charge is -2.13. The first kappa shape index (κ1) is 29.4. The third-order valence-corrected chi connectivity index (χ3v) is 6.25. The smallest absolute Gasteiger partial charge is 0.251 e. The number of aromatic nitrogens is 3. The van der Waals surface area contributed by atoms with E-state index in [2.05, 4.69) is 20.6 Å². The number of amides is 1. The Morgan fingerprint density at radius 2 is 1.98 bits per heavy atom. The highest BCUT2D eigenvalue weighted by molar-refractivity contribution is 5.96. The number of likely N-dealkylation sites (N-methyl/N-ethyl adjacent to an activating group) is 1. The van der Waals surface area contributed by atoms with Gasteiger partial charge >= 0.3 is 0 Å². The van der Waals surface area contributed by atoms with Crippen molar-refractivity contribution in [2.75, 3.05) is 52.3 Å². The number of fused-ring (bicyclic) bond motifs is 1. The van der Waals surface area contributed by atoms with Gasteiger partial charge in [-0.1, -0.05) is 6.92 Å². The molecule has 2 aromatic heterocycles. The van der Waals surface area contributed by atoms with Gasteiger partial charge in [-0.3, -0.25) is 9.20 Å². The first-order valence-electron chi connectivity index (χ1n) is 13.0. The van der Waals surface area contributed by atoms with Crippen LogP contribution in [0.3, 0.4) is 0 Å². The molecule has 10 nitrogen and oxygen atoms in total. The number of anilines is 2. The molecule has 0 aliphatic carbocycles. The summed E-state index contributed by atoms with van der Waals surface area (Å²) in [6.45, 7) is 3.81. The second-order valence-corrected chi connectivity index (χ2v) is 9.32. The molecule has 0 aliphatic rings. The number of hydrogen-bond donors (Lipinski definition) is 2. The molecule has 0 saturated carbocycles. The predicted octanol–water partition coefficient (Wildman–Crippen LogP) is 4.19. The van der Waals surface area contributed by atoms with Crippen molar-refractivity contribution in [2.45, 2.75) is 13.3 Å². The summed E-state index contributed by atoms with van der Waals surface area (Å²) in [5, 5.41) is 14.7. The highest BCUT2D eigenvalue weighted by Gasteiger charge is 2.20. The number of carbonyl (C=O) groups is 1. The van der Waals surface area contributed by atoms with E-state index in [0.717, 1.165) is 12.1 Å². The molecular weight excluding hydrogens is 532 g/mol. The fourth-order valence-corrected chi connectivity index (χ4v) is 4.16. The van der Waals surface area contributed by atoms with Crippen LogP contribution in [0.4, 0.5) is 20.3 Å². The number of nitriles is 1. The number of hydrogen-bond acceptors (Lipinski definition) is 8. The average molecular weight is 564 g/mol. The normalized spacial score (nSPS) is 11.0. The van der Waals surface area contributed by atoms with E-state index in [0.29, 0.717) is 54.6 Å². The maximum absolute atomic E-state index is 14.9. The van der Waals surface area contributed by atoms with Crippen LogP contribution in [-0.4, -0.2) is 72.2 Å². The third kappa shape index (κ3) is 6.95. The lowest BCUT2D eigenvalue weighted by atomic mass is 10.0. The Balaban J connectivity index is 1.50. The monoisotopic (exact) mass is 563 g/mol. The van der Waals surface area contributed by atoms with Gasteiger partial charge in [0.15, 0.2) is 29.6 Å². The van der Waals surface area contributed by atoms with Gasteiger partial charge in [0.05, 0.1) is 25.1 Å². The quantitative estimate of drug-likeness (QED) is 0.233. The van der Waals surface area contributed by atoms with Crippen LogP contribution < -0.4 is 15.4 Å². The highest BCUT2D eigenvalue weighted by Crippen LogP contribution is 2.32. The first-order chi connectivity index (χ1) is 19.8. The maximum Gasteiger partial charge on any atom is 0.251 e. The van der Waals surface area contributed by atoms with Crippen molar-refractivity contribution in [1.82, 2.24) is 24.6 Å². The molecule has 0 spiro atoms. The highest BCUT2D eigenvalue weighted by atomic mass is 19.2. The molecule has 2 aromatic carbocycles. The molecule has 4 aromatic rings. The Hall–Kier alpha value is -4.60. The van der Waals surface area contributed by atoms with E-state index in [9.17, 15) is 13.6 Å². The number of aryl methyl sites for hydroxylation is 1. The topological polar surface area (TPSA) is 117 Å². The Labute approximate surface area is 236 Å². The number of nitrogens with zero attached hydrogens (tertiary/aromatic N) is 5. The van der Waals surface area contributed by atoms with Crippen molar-refractivity contribution in [3.8, 4) is 23.1 Å². The van der Waals surface area contributed by atoms with E-state index < -0.39 is 18.2 Å². The van der Waals surface area contributed by atoms with Crippen LogP contribution >= 0.6 is 0 Å². The number of carbonyl (C=O) groups excluding carboxylic acids is 1. The SMILES string of the molecule is CCc1cc(Nc2nccn3c(-c4ccc(OCC#N)c(F)c4F)cnc23)ccc1C(=O)NCCOCCN(C)C. The molecule has 41 heavy (non-hydrogen) atoms. The molecule has 0 atom stereocenters. The summed E-state index contributed by atoms with van der Waals surface area (Å²) in [7, 11) is 3.94. The number of nitrogens with one attached hydrogen (secondary N) is 2. The summed E-state index contributed by atoms with van der Waals surface area (Å²) in [5.41, 5.74) is 2.77. The van der Waals surface area contributed by atoms with Gasteiger partial charge in [-0.05, 0) is 56.4 Å². The van der Waals surface area contributed by atoms with E-state index >= 15 is 0 Å². The first-order valence-corrected chi connectivity index (χ1v) is 13.0. The average Bonchev–Trinajstić information content (AvgIpc) is 3.40. The molecule has 2 heterocycles. The minimum Gasteiger partial charge on any atom is -0.476 e. The number of benzene rings is 2. The zero-order valence-corrected chi connectivity index (χ0v) is 23.1. The number of halogens is 2. The minimum atomic E-state index is -1.19. The second-order valence-electron chi connectivity index (χ2n) is 9.32. The summed E-state index contributed by atoms with van der Waals surface area (Å²) in [6, 6.07) is 9.75. The van der Waals surface area contributed by atoms with E-state index in [1.807, 2.05) is 32.0 Å². The zero-order chi connectivity index (χ0) is 29.4. The van der Waals surface area contributed by atoms with Gasteiger partial charge in [0.2, 0.25) is 5.82 Å². The Kier molecular flexibility index (Phi) is 9.78. The molecular formula is C29H31F2N7O3. The van der Waals surface area contributed by atoms with E-state index in [4.69, 9.17) is 14.7 Å². The summed E-state index contributed by atoms with van der Waals surface area (Å²) in [6.07, 6.45) is 5.16. The molecule has 4 rings (SSSR count). The molecule has 214 valence electrons. The van der Waals surface area contributed by atoms with Crippen molar-refractivity contribution in [3.63, 3.8) is 0 Å². The van der Waals surface area contributed by atoms with Gasteiger partial charge < -0.3 is 25.0 Å². The molecule has 2 N–H and O–H groups in total. The molecule has 1 amide bonds. The van der Waals surface area contributed by atoms with Gasteiger partial charge in [-0.25, -0.2) is 14.4 Å². The minimum absolute atomic E-state index is 0.0248. The Bertz CT molecular complexity index is 1570. The van der Waals surface area contributed by atoms with E-state index in [1.165, 1.54) is 24.5 Å². The molecule has 0 fully saturated rings. The van der Waals surface area contributed by atoms with E-state index in [-0.39, 0.29) is 17.2 Å². The van der Waals surface area contributed by atoms with Crippen molar-refractivity contribution in [2.24, 2.45) is 0 Å². The summed E-state index contributed by atoms with van der Waals surface area (Å²) in [4.78, 5) is 23.6. The number of imidazole rings is 1. The lowest BCUT2D eigenvalue weighted by Crippen LogP contribution is -2.29. The van der Waals surface area contributed by atoms with Crippen LogP contribution in [0.2, 0.25) is 0 Å². The Morgan fingerprint density at radius 3 is 2.73 bits per heavy atom. The van der Waals surface area contributed by atoms with Gasteiger partial charge in [0.1, 0.15) is 6.07 Å². The van der Waals surface area contributed by atoms with Crippen molar-refractivity contribution >= 4 is 23.1 Å². The van der Waals surface area contributed by atoms with Crippen LogP contribution in [0, 0.1) is 23.0 Å². The predicted molar refractivity (Wildman–Crippen MR) is 150 cm³/mol. The van der Waals surface area contributed by atoms with Crippen LogP contribution in [0.25, 0.3) is 16.9 Å². The van der Waals surface area contributed by atoms with Crippen molar-refractivity contribution < 1.29 is 23.0 Å². The largest absolute Gasteiger partial charge is 0.476 e. The standard InChI is InChI=1S/C29H31F2N7O3/c1-4-19-17-20(5-6-21(19)29(39)34-11-15-40-16-13-37(2)3)36-27-28-35-18-23(38(28)12-10-33-27)22-7-8-24(41-14-9-32)26(31)25(22)30/h5-8,10,12,17-18H,4,11,13-16H2,1-3H3,(H,33,36)(H,34,39). The van der Waals surface area contributed by atoms with Gasteiger partial charge in [-0.2, -0.15) is 9.65 Å². The molecule has 0 radical (unpaired) electrons. The maximum atomic E-state index is 14.9.